The number of halogens is 7. The third kappa shape index (κ3) is 9.78. The van der Waals surface area contributed by atoms with Gasteiger partial charge in [-0.05, 0) is 49.7 Å². The summed E-state index contributed by atoms with van der Waals surface area (Å²) in [5, 5.41) is 15.8. The van der Waals surface area contributed by atoms with Gasteiger partial charge in [-0.25, -0.2) is 8.42 Å². The number of ketones is 1. The minimum Gasteiger partial charge on any atom is -0.507 e. The molecule has 17 heteroatoms. The summed E-state index contributed by atoms with van der Waals surface area (Å²) < 4.78 is 118. The number of benzene rings is 1. The Morgan fingerprint density at radius 1 is 0.930 bits per heavy atom. The largest absolute Gasteiger partial charge is 0.507 e. The van der Waals surface area contributed by atoms with Crippen LogP contribution in [0.25, 0.3) is 0 Å². The van der Waals surface area contributed by atoms with E-state index in [9.17, 15) is 58.6 Å². The van der Waals surface area contributed by atoms with E-state index < -0.39 is 82.1 Å². The van der Waals surface area contributed by atoms with Crippen LogP contribution in [-0.4, -0.2) is 85.8 Å². The number of alkyl halides is 7. The molecule has 0 aromatic heterocycles. The topological polar surface area (TPSA) is 142 Å². The molecule has 9 nitrogen and oxygen atoms in total. The van der Waals surface area contributed by atoms with Gasteiger partial charge in [0.25, 0.3) is 5.91 Å². The second-order valence-corrected chi connectivity index (χ2v) is 13.1. The van der Waals surface area contributed by atoms with Gasteiger partial charge in [-0.15, -0.1) is 0 Å². The van der Waals surface area contributed by atoms with E-state index in [0.717, 1.165) is 12.8 Å². The molecule has 2 fully saturated rings. The van der Waals surface area contributed by atoms with E-state index in [0.29, 0.717) is 19.3 Å². The van der Waals surface area contributed by atoms with Crippen LogP contribution in [0.4, 0.5) is 30.7 Å². The van der Waals surface area contributed by atoms with E-state index in [1.54, 1.807) is 5.32 Å². The van der Waals surface area contributed by atoms with Crippen molar-refractivity contribution < 1.29 is 58.6 Å². The SMILES string of the molecule is O=C(NCC(=O)C(CCC1CC1)NC(=O)C(CS(=O)(=O)CC1CC1)NCC(F)(F)C(F)(F)C(F)(F)F)c1ccccc1O. The van der Waals surface area contributed by atoms with Gasteiger partial charge in [0, 0.05) is 0 Å². The normalized spacial score (nSPS) is 17.7. The van der Waals surface area contributed by atoms with Gasteiger partial charge in [0.2, 0.25) is 5.91 Å². The molecule has 4 N–H and O–H groups in total. The first-order valence-electron chi connectivity index (χ1n) is 13.5. The molecule has 43 heavy (non-hydrogen) atoms. The van der Waals surface area contributed by atoms with Crippen LogP contribution in [0.3, 0.4) is 0 Å². The van der Waals surface area contributed by atoms with Crippen molar-refractivity contribution in [2.45, 2.75) is 68.6 Å². The number of carbonyl (C=O) groups excluding carboxylic acids is 3. The predicted molar refractivity (Wildman–Crippen MR) is 138 cm³/mol. The number of hydrogen-bond donors (Lipinski definition) is 4. The van der Waals surface area contributed by atoms with Crippen molar-refractivity contribution in [3.05, 3.63) is 29.8 Å². The lowest BCUT2D eigenvalue weighted by Crippen LogP contribution is -2.60. The molecule has 0 bridgehead atoms. The fourth-order valence-corrected chi connectivity index (χ4v) is 6.17. The Labute approximate surface area is 242 Å². The standard InChI is InChI=1S/C26H32F7N3O6S/c27-24(28,25(29,30)26(31,32)33)14-35-19(13-43(41,42)12-16-7-8-16)23(40)36-18(10-9-15-5-6-15)21(38)11-34-22(39)17-3-1-2-4-20(17)37/h1-4,15-16,18-19,35,37H,5-14H2,(H,34,39)(H,36,40). The molecule has 1 aromatic carbocycles. The van der Waals surface area contributed by atoms with Crippen molar-refractivity contribution in [3.63, 3.8) is 0 Å². The summed E-state index contributed by atoms with van der Waals surface area (Å²) in [7, 11) is -4.17. The van der Waals surface area contributed by atoms with Crippen LogP contribution in [0, 0.1) is 11.8 Å². The number of sulfone groups is 1. The summed E-state index contributed by atoms with van der Waals surface area (Å²) >= 11 is 0. The van der Waals surface area contributed by atoms with Gasteiger partial charge in [0.1, 0.15) is 11.8 Å². The molecule has 242 valence electrons. The van der Waals surface area contributed by atoms with Gasteiger partial charge >= 0.3 is 18.0 Å². The van der Waals surface area contributed by atoms with Crippen molar-refractivity contribution in [2.24, 2.45) is 11.8 Å². The van der Waals surface area contributed by atoms with E-state index in [2.05, 4.69) is 10.6 Å². The highest BCUT2D eigenvalue weighted by Gasteiger charge is 2.72. The summed E-state index contributed by atoms with van der Waals surface area (Å²) in [6, 6.07) is 1.83. The van der Waals surface area contributed by atoms with Crippen LogP contribution in [0.5, 0.6) is 5.75 Å². The predicted octanol–water partition coefficient (Wildman–Crippen LogP) is 2.98. The Kier molecular flexibility index (Phi) is 10.7. The minimum atomic E-state index is -6.63. The van der Waals surface area contributed by atoms with Crippen LogP contribution in [0.1, 0.15) is 48.9 Å². The van der Waals surface area contributed by atoms with Crippen LogP contribution in [0.15, 0.2) is 24.3 Å². The molecule has 2 saturated carbocycles. The van der Waals surface area contributed by atoms with Gasteiger partial charge < -0.3 is 15.7 Å². The lowest BCUT2D eigenvalue weighted by molar-refractivity contribution is -0.352. The lowest BCUT2D eigenvalue weighted by atomic mass is 10.0. The Hall–Kier alpha value is -2.95. The number of amides is 2. The molecule has 0 radical (unpaired) electrons. The van der Waals surface area contributed by atoms with Crippen molar-refractivity contribution in [1.29, 1.82) is 0 Å². The van der Waals surface area contributed by atoms with Crippen molar-refractivity contribution >= 4 is 27.4 Å². The summed E-state index contributed by atoms with van der Waals surface area (Å²) in [5.41, 5.74) is -0.157. The first-order chi connectivity index (χ1) is 19.8. The summed E-state index contributed by atoms with van der Waals surface area (Å²) in [5.74, 6) is -17.3. The smallest absolute Gasteiger partial charge is 0.459 e. The van der Waals surface area contributed by atoms with Crippen molar-refractivity contribution in [3.8, 4) is 5.75 Å². The van der Waals surface area contributed by atoms with Crippen LogP contribution in [-0.2, 0) is 19.4 Å². The quantitative estimate of drug-likeness (QED) is 0.191. The molecule has 0 heterocycles. The van der Waals surface area contributed by atoms with E-state index in [1.807, 2.05) is 0 Å². The van der Waals surface area contributed by atoms with Gasteiger partial charge in [-0.3, -0.25) is 19.7 Å². The number of phenolic OH excluding ortho intramolecular Hbond substituents is 1. The maximum atomic E-state index is 14.0. The molecule has 2 aliphatic carbocycles. The second-order valence-electron chi connectivity index (χ2n) is 11.0. The number of aromatic hydroxyl groups is 1. The first-order valence-corrected chi connectivity index (χ1v) is 15.3. The summed E-state index contributed by atoms with van der Waals surface area (Å²) in [6.45, 7) is -3.06. The summed E-state index contributed by atoms with van der Waals surface area (Å²) in [6.07, 6.45) is -3.46. The molecule has 2 aliphatic rings. The van der Waals surface area contributed by atoms with Crippen LogP contribution >= 0.6 is 0 Å². The molecule has 2 unspecified atom stereocenters. The highest BCUT2D eigenvalue weighted by Crippen LogP contribution is 2.46. The van der Waals surface area contributed by atoms with E-state index in [-0.39, 0.29) is 29.6 Å². The van der Waals surface area contributed by atoms with Crippen LogP contribution in [0.2, 0.25) is 0 Å². The summed E-state index contributed by atoms with van der Waals surface area (Å²) in [4.78, 5) is 38.5. The molecule has 0 spiro atoms. The fourth-order valence-electron chi connectivity index (χ4n) is 4.21. The third-order valence-corrected chi connectivity index (χ3v) is 8.97. The van der Waals surface area contributed by atoms with Gasteiger partial charge in [0.15, 0.2) is 15.6 Å². The zero-order chi connectivity index (χ0) is 32.2. The second kappa shape index (κ2) is 13.4. The molecular weight excluding hydrogens is 615 g/mol. The highest BCUT2D eigenvalue weighted by molar-refractivity contribution is 7.91. The lowest BCUT2D eigenvalue weighted by Gasteiger charge is -2.30. The van der Waals surface area contributed by atoms with Gasteiger partial charge in [-0.2, -0.15) is 30.7 Å². The number of nitrogens with one attached hydrogen (secondary N) is 3. The minimum absolute atomic E-state index is 0.00839. The average molecular weight is 648 g/mol. The number of Topliss-reactive ketones (excluding diaryl/α,β-unsaturated/α-hetero) is 1. The van der Waals surface area contributed by atoms with Crippen LogP contribution < -0.4 is 16.0 Å². The molecule has 2 amide bonds. The molecule has 2 atom stereocenters. The Morgan fingerprint density at radius 2 is 1.53 bits per heavy atom. The van der Waals surface area contributed by atoms with E-state index in [4.69, 9.17) is 0 Å². The molecular formula is C26H32F7N3O6S. The zero-order valence-electron chi connectivity index (χ0n) is 22.7. The monoisotopic (exact) mass is 647 g/mol. The number of rotatable bonds is 17. The Bertz CT molecular complexity index is 1280. The van der Waals surface area contributed by atoms with Gasteiger partial charge in [0.05, 0.1) is 36.2 Å². The van der Waals surface area contributed by atoms with Crippen molar-refractivity contribution in [1.82, 2.24) is 16.0 Å². The number of carbonyl (C=O) groups is 3. The van der Waals surface area contributed by atoms with E-state index in [1.165, 1.54) is 24.3 Å². The third-order valence-electron chi connectivity index (χ3n) is 7.15. The zero-order valence-corrected chi connectivity index (χ0v) is 23.5. The average Bonchev–Trinajstić information content (AvgIpc) is 3.83. The molecule has 1 aromatic rings. The number of para-hydroxylation sites is 1. The van der Waals surface area contributed by atoms with E-state index >= 15 is 0 Å². The maximum absolute atomic E-state index is 14.0. The fraction of sp³-hybridized carbons (Fsp3) is 0.654. The molecule has 0 saturated heterocycles. The molecule has 3 rings (SSSR count). The number of phenols is 1. The Balaban J connectivity index is 1.74. The Morgan fingerprint density at radius 3 is 2.09 bits per heavy atom. The van der Waals surface area contributed by atoms with Gasteiger partial charge in [-0.1, -0.05) is 25.0 Å². The number of hydrogen-bond acceptors (Lipinski definition) is 7. The molecule has 0 aliphatic heterocycles. The first kappa shape index (κ1) is 34.5. The maximum Gasteiger partial charge on any atom is 0.459 e. The highest BCUT2D eigenvalue weighted by atomic mass is 32.2. The van der Waals surface area contributed by atoms with Crippen molar-refractivity contribution in [2.75, 3.05) is 24.6 Å².